The molecule has 0 atom stereocenters. The van der Waals surface area contributed by atoms with Crippen LogP contribution in [0.1, 0.15) is 32.1 Å². The lowest BCUT2D eigenvalue weighted by molar-refractivity contribution is -0.0373. The normalized spacial score (nSPS) is 27.3. The average molecular weight is 234 g/mol. The van der Waals surface area contributed by atoms with E-state index in [1.165, 1.54) is 0 Å². The largest absolute Gasteiger partial charge is 0.395 e. The number of sulfone groups is 1. The van der Waals surface area contributed by atoms with Gasteiger partial charge in [0.15, 0.2) is 9.84 Å². The molecule has 1 N–H and O–H groups in total. The van der Waals surface area contributed by atoms with Crippen molar-refractivity contribution in [3.05, 3.63) is 0 Å². The van der Waals surface area contributed by atoms with Gasteiger partial charge in [0.25, 0.3) is 0 Å². The van der Waals surface area contributed by atoms with Crippen molar-refractivity contribution in [3.63, 3.8) is 0 Å². The molecule has 1 aliphatic heterocycles. The summed E-state index contributed by atoms with van der Waals surface area (Å²) in [5.41, 5.74) is 0. The average Bonchev–Trinajstić information content (AvgIpc) is 2.18. The van der Waals surface area contributed by atoms with Gasteiger partial charge in [-0.3, -0.25) is 0 Å². The van der Waals surface area contributed by atoms with E-state index in [9.17, 15) is 13.5 Å². The molecule has 2 fully saturated rings. The Bertz CT molecular complexity index is 307. The van der Waals surface area contributed by atoms with Gasteiger partial charge in [-0.05, 0) is 12.8 Å². The summed E-state index contributed by atoms with van der Waals surface area (Å²) in [6.45, 7) is 0.0382. The van der Waals surface area contributed by atoms with Gasteiger partial charge in [0.1, 0.15) is 4.75 Å². The molecule has 1 heterocycles. The summed E-state index contributed by atoms with van der Waals surface area (Å²) in [6, 6.07) is 0. The van der Waals surface area contributed by atoms with Crippen molar-refractivity contribution < 1.29 is 18.3 Å². The molecule has 88 valence electrons. The summed E-state index contributed by atoms with van der Waals surface area (Å²) in [5, 5.41) is 9.00. The van der Waals surface area contributed by atoms with Crippen LogP contribution in [0.15, 0.2) is 0 Å². The summed E-state index contributed by atoms with van der Waals surface area (Å²) in [4.78, 5) is 0. The van der Waals surface area contributed by atoms with Gasteiger partial charge in [0.2, 0.25) is 0 Å². The highest BCUT2D eigenvalue weighted by Gasteiger charge is 2.53. The molecule has 15 heavy (non-hydrogen) atoms. The van der Waals surface area contributed by atoms with Crippen LogP contribution >= 0.6 is 0 Å². The standard InChI is InChI=1S/C10H18O4S/c11-6-10(7-14-8-10)15(12,13)9-4-2-1-3-5-9/h9,11H,1-8H2. The van der Waals surface area contributed by atoms with Gasteiger partial charge in [0, 0.05) is 0 Å². The van der Waals surface area contributed by atoms with E-state index < -0.39 is 14.6 Å². The third kappa shape index (κ3) is 1.70. The molecular weight excluding hydrogens is 216 g/mol. The highest BCUT2D eigenvalue weighted by Crippen LogP contribution is 2.35. The molecule has 0 spiro atoms. The van der Waals surface area contributed by atoms with Crippen molar-refractivity contribution in [2.75, 3.05) is 19.8 Å². The molecule has 0 aromatic heterocycles. The minimum atomic E-state index is -3.21. The summed E-state index contributed by atoms with van der Waals surface area (Å²) in [6.07, 6.45) is 4.63. The van der Waals surface area contributed by atoms with Crippen molar-refractivity contribution in [3.8, 4) is 0 Å². The van der Waals surface area contributed by atoms with Gasteiger partial charge >= 0.3 is 0 Å². The highest BCUT2D eigenvalue weighted by atomic mass is 32.2. The van der Waals surface area contributed by atoms with Crippen LogP contribution in [-0.2, 0) is 14.6 Å². The minimum absolute atomic E-state index is 0.169. The first kappa shape index (κ1) is 11.4. The van der Waals surface area contributed by atoms with E-state index in [-0.39, 0.29) is 25.1 Å². The fourth-order valence-electron chi connectivity index (χ4n) is 2.40. The maximum absolute atomic E-state index is 12.3. The quantitative estimate of drug-likeness (QED) is 0.772. The number of aliphatic hydroxyl groups is 1. The fourth-order valence-corrected chi connectivity index (χ4v) is 4.74. The zero-order chi connectivity index (χ0) is 10.9. The second-order valence-corrected chi connectivity index (χ2v) is 7.26. The molecule has 1 saturated heterocycles. The molecule has 0 amide bonds. The van der Waals surface area contributed by atoms with Gasteiger partial charge < -0.3 is 9.84 Å². The molecule has 0 aromatic carbocycles. The SMILES string of the molecule is O=S(=O)(C1CCCCC1)C1(CO)COC1. The smallest absolute Gasteiger partial charge is 0.165 e. The lowest BCUT2D eigenvalue weighted by Gasteiger charge is -2.42. The fraction of sp³-hybridized carbons (Fsp3) is 1.00. The molecule has 0 bridgehead atoms. The monoisotopic (exact) mass is 234 g/mol. The van der Waals surface area contributed by atoms with Crippen molar-refractivity contribution in [2.24, 2.45) is 0 Å². The molecule has 0 aromatic rings. The van der Waals surface area contributed by atoms with E-state index in [4.69, 9.17) is 4.74 Å². The summed E-state index contributed by atoms with van der Waals surface area (Å²) in [7, 11) is -3.21. The second-order valence-electron chi connectivity index (χ2n) is 4.64. The van der Waals surface area contributed by atoms with Crippen LogP contribution in [0, 0.1) is 0 Å². The third-order valence-corrected chi connectivity index (χ3v) is 6.53. The zero-order valence-electron chi connectivity index (χ0n) is 8.81. The van der Waals surface area contributed by atoms with Gasteiger partial charge in [-0.25, -0.2) is 8.42 Å². The predicted molar refractivity (Wildman–Crippen MR) is 56.4 cm³/mol. The molecule has 1 saturated carbocycles. The molecule has 5 heteroatoms. The first-order valence-corrected chi connectivity index (χ1v) is 7.09. The van der Waals surface area contributed by atoms with Gasteiger partial charge in [-0.15, -0.1) is 0 Å². The molecule has 2 aliphatic rings. The Kier molecular flexibility index (Phi) is 3.05. The van der Waals surface area contributed by atoms with E-state index in [0.29, 0.717) is 0 Å². The Hall–Kier alpha value is -0.130. The first-order chi connectivity index (χ1) is 7.12. The molecule has 4 nitrogen and oxygen atoms in total. The van der Waals surface area contributed by atoms with E-state index >= 15 is 0 Å². The lowest BCUT2D eigenvalue weighted by atomic mass is 10.0. The second kappa shape index (κ2) is 4.03. The van der Waals surface area contributed by atoms with Crippen LogP contribution in [0.3, 0.4) is 0 Å². The number of hydrogen-bond donors (Lipinski definition) is 1. The molecular formula is C10H18O4S. The maximum atomic E-state index is 12.3. The molecule has 1 aliphatic carbocycles. The van der Waals surface area contributed by atoms with Crippen LogP contribution in [0.25, 0.3) is 0 Å². The van der Waals surface area contributed by atoms with Crippen LogP contribution in [0.5, 0.6) is 0 Å². The van der Waals surface area contributed by atoms with Crippen molar-refractivity contribution in [1.82, 2.24) is 0 Å². The number of hydrogen-bond acceptors (Lipinski definition) is 4. The third-order valence-electron chi connectivity index (χ3n) is 3.61. The van der Waals surface area contributed by atoms with E-state index in [0.717, 1.165) is 32.1 Å². The summed E-state index contributed by atoms with van der Waals surface area (Å²) in [5.74, 6) is 0. The molecule has 2 rings (SSSR count). The van der Waals surface area contributed by atoms with Crippen LogP contribution in [0.4, 0.5) is 0 Å². The zero-order valence-corrected chi connectivity index (χ0v) is 9.63. The number of aliphatic hydroxyl groups excluding tert-OH is 1. The van der Waals surface area contributed by atoms with E-state index in [2.05, 4.69) is 0 Å². The maximum Gasteiger partial charge on any atom is 0.165 e. The van der Waals surface area contributed by atoms with Gasteiger partial charge in [0.05, 0.1) is 25.1 Å². The Morgan fingerprint density at radius 3 is 2.20 bits per heavy atom. The lowest BCUT2D eigenvalue weighted by Crippen LogP contribution is -2.61. The highest BCUT2D eigenvalue weighted by molar-refractivity contribution is 7.93. The molecule has 0 unspecified atom stereocenters. The Balaban J connectivity index is 2.17. The van der Waals surface area contributed by atoms with Crippen molar-refractivity contribution in [1.29, 1.82) is 0 Å². The van der Waals surface area contributed by atoms with Crippen molar-refractivity contribution in [2.45, 2.75) is 42.1 Å². The first-order valence-electron chi connectivity index (χ1n) is 5.54. The minimum Gasteiger partial charge on any atom is -0.395 e. The number of rotatable bonds is 3. The van der Waals surface area contributed by atoms with Crippen LogP contribution < -0.4 is 0 Å². The summed E-state index contributed by atoms with van der Waals surface area (Å²) >= 11 is 0. The van der Waals surface area contributed by atoms with Crippen LogP contribution in [-0.4, -0.2) is 43.3 Å². The Morgan fingerprint density at radius 2 is 1.80 bits per heavy atom. The van der Waals surface area contributed by atoms with Gasteiger partial charge in [-0.1, -0.05) is 19.3 Å². The predicted octanol–water partition coefficient (Wildman–Crippen LogP) is 0.495. The molecule has 0 radical (unpaired) electrons. The van der Waals surface area contributed by atoms with Gasteiger partial charge in [-0.2, -0.15) is 0 Å². The van der Waals surface area contributed by atoms with Crippen molar-refractivity contribution >= 4 is 9.84 Å². The topological polar surface area (TPSA) is 63.6 Å². The van der Waals surface area contributed by atoms with E-state index in [1.807, 2.05) is 0 Å². The summed E-state index contributed by atoms with van der Waals surface area (Å²) < 4.78 is 28.6. The Labute approximate surface area is 90.5 Å². The van der Waals surface area contributed by atoms with Crippen LogP contribution in [0.2, 0.25) is 0 Å². The van der Waals surface area contributed by atoms with E-state index in [1.54, 1.807) is 0 Å². The Morgan fingerprint density at radius 1 is 1.20 bits per heavy atom. The number of ether oxygens (including phenoxy) is 1.